The zero-order valence-electron chi connectivity index (χ0n) is 15.5. The van der Waals surface area contributed by atoms with Gasteiger partial charge in [0.05, 0.1) is 36.4 Å². The maximum Gasteiger partial charge on any atom is 0.306 e. The maximum atomic E-state index is 14.6. The summed E-state index contributed by atoms with van der Waals surface area (Å²) in [5.74, 6) is -3.57. The predicted molar refractivity (Wildman–Crippen MR) is 109 cm³/mol. The number of aromatic nitrogens is 4. The molecule has 1 saturated heterocycles. The first-order valence-corrected chi connectivity index (χ1v) is 9.07. The van der Waals surface area contributed by atoms with E-state index >= 15 is 0 Å². The summed E-state index contributed by atoms with van der Waals surface area (Å²) >= 11 is 0. The molecule has 1 aliphatic rings. The van der Waals surface area contributed by atoms with Crippen LogP contribution in [0.5, 0.6) is 0 Å². The van der Waals surface area contributed by atoms with E-state index in [4.69, 9.17) is 10.8 Å². The summed E-state index contributed by atoms with van der Waals surface area (Å²) in [4.78, 5) is 33.3. The minimum atomic E-state index is -0.883. The van der Waals surface area contributed by atoms with Crippen LogP contribution >= 0.6 is 0 Å². The number of aliphatic carboxylic acids is 1. The van der Waals surface area contributed by atoms with E-state index in [9.17, 15) is 18.4 Å². The Morgan fingerprint density at radius 3 is 2.58 bits per heavy atom. The van der Waals surface area contributed by atoms with E-state index in [0.717, 1.165) is 23.1 Å². The lowest BCUT2D eigenvalue weighted by molar-refractivity contribution is -0.142. The molecule has 0 aliphatic carbocycles. The van der Waals surface area contributed by atoms with Crippen molar-refractivity contribution in [3.63, 3.8) is 0 Å². The fraction of sp³-hybridized carbons (Fsp3) is 0.316. The molecule has 3 aromatic rings. The number of nitrogens with one attached hydrogen (secondary N) is 1. The molecular weight excluding hydrogens is 412 g/mol. The van der Waals surface area contributed by atoms with E-state index in [1.807, 2.05) is 0 Å². The van der Waals surface area contributed by atoms with E-state index in [1.54, 1.807) is 4.90 Å². The van der Waals surface area contributed by atoms with Crippen molar-refractivity contribution in [2.45, 2.75) is 20.3 Å². The number of carboxylic acid groups (broad SMARTS) is 1. The number of nitrogens with two attached hydrogens (primary N) is 1. The lowest BCUT2D eigenvalue weighted by Crippen LogP contribution is -2.37. The largest absolute Gasteiger partial charge is 0.481 e. The van der Waals surface area contributed by atoms with Gasteiger partial charge in [0, 0.05) is 13.1 Å². The van der Waals surface area contributed by atoms with Gasteiger partial charge in [-0.2, -0.15) is 0 Å². The number of nitrogen functional groups attached to an aromatic ring is 1. The van der Waals surface area contributed by atoms with Gasteiger partial charge in [-0.15, -0.1) is 5.10 Å². The number of rotatable bonds is 4. The molecule has 0 radical (unpaired) electrons. The number of piperidine rings is 1. The molecule has 0 unspecified atom stereocenters. The topological polar surface area (TPSA) is 139 Å². The van der Waals surface area contributed by atoms with Crippen LogP contribution in [0.15, 0.2) is 24.8 Å². The second kappa shape index (κ2) is 8.50. The Morgan fingerprint density at radius 1 is 1.19 bits per heavy atom. The second-order valence-corrected chi connectivity index (χ2v) is 6.87. The summed E-state index contributed by atoms with van der Waals surface area (Å²) in [5, 5.41) is 15.6. The van der Waals surface area contributed by atoms with E-state index < -0.39 is 29.4 Å². The van der Waals surface area contributed by atoms with Gasteiger partial charge in [-0.1, -0.05) is 7.43 Å². The Labute approximate surface area is 175 Å². The Balaban J connectivity index is 0.00000272. The molecule has 10 nitrogen and oxygen atoms in total. The highest BCUT2D eigenvalue weighted by atomic mass is 19.1. The summed E-state index contributed by atoms with van der Waals surface area (Å²) in [6.07, 6.45) is 4.95. The standard InChI is InChI=1S/C18H17F2N7O3.CH4/c19-10-5-23-16-13(15(21)25-27(16)8-10)17(28)24-12-7-22-6-11(20)14(12)26-3-1-9(2-4-26)18(29)30;/h5-9H,1-4H2,(H2,21,25)(H,24,28)(H,29,30);1H4. The minimum Gasteiger partial charge on any atom is -0.481 e. The SMILES string of the molecule is C.Nc1nn2cc(F)cnc2c1C(=O)Nc1cncc(F)c1N1CCC(C(=O)O)CC1. The highest BCUT2D eigenvalue weighted by Gasteiger charge is 2.28. The van der Waals surface area contributed by atoms with Crippen LogP contribution in [0.25, 0.3) is 5.65 Å². The number of carbonyl (C=O) groups is 2. The lowest BCUT2D eigenvalue weighted by atomic mass is 9.96. The molecule has 31 heavy (non-hydrogen) atoms. The van der Waals surface area contributed by atoms with Gasteiger partial charge < -0.3 is 21.1 Å². The van der Waals surface area contributed by atoms with Crippen LogP contribution in [0.1, 0.15) is 30.6 Å². The molecule has 1 aliphatic heterocycles. The Morgan fingerprint density at radius 2 is 1.90 bits per heavy atom. The average Bonchev–Trinajstić information content (AvgIpc) is 3.03. The Kier molecular flexibility index (Phi) is 5.99. The fourth-order valence-electron chi connectivity index (χ4n) is 3.52. The first-order valence-electron chi connectivity index (χ1n) is 9.07. The quantitative estimate of drug-likeness (QED) is 0.569. The molecule has 3 aromatic heterocycles. The van der Waals surface area contributed by atoms with Gasteiger partial charge in [-0.25, -0.2) is 18.3 Å². The van der Waals surface area contributed by atoms with Gasteiger partial charge in [0.25, 0.3) is 5.91 Å². The van der Waals surface area contributed by atoms with Crippen LogP contribution in [-0.2, 0) is 4.79 Å². The molecule has 0 bridgehead atoms. The molecule has 1 fully saturated rings. The van der Waals surface area contributed by atoms with Crippen LogP contribution in [0, 0.1) is 17.6 Å². The fourth-order valence-corrected chi connectivity index (χ4v) is 3.52. The van der Waals surface area contributed by atoms with Crippen molar-refractivity contribution in [1.82, 2.24) is 19.6 Å². The van der Waals surface area contributed by atoms with E-state index in [0.29, 0.717) is 25.9 Å². The second-order valence-electron chi connectivity index (χ2n) is 6.87. The molecule has 1 amide bonds. The van der Waals surface area contributed by atoms with Gasteiger partial charge in [-0.3, -0.25) is 14.6 Å². The first-order chi connectivity index (χ1) is 14.3. The zero-order chi connectivity index (χ0) is 21.4. The van der Waals surface area contributed by atoms with Crippen molar-refractivity contribution in [3.8, 4) is 0 Å². The van der Waals surface area contributed by atoms with E-state index in [1.165, 1.54) is 6.20 Å². The summed E-state index contributed by atoms with van der Waals surface area (Å²) in [5.41, 5.74) is 5.95. The molecule has 4 N–H and O–H groups in total. The first kappa shape index (κ1) is 21.9. The molecule has 4 heterocycles. The number of fused-ring (bicyclic) bond motifs is 1. The number of carbonyl (C=O) groups excluding carboxylic acids is 1. The zero-order valence-corrected chi connectivity index (χ0v) is 15.5. The highest BCUT2D eigenvalue weighted by molar-refractivity contribution is 6.12. The normalized spacial score (nSPS) is 14.3. The third-order valence-corrected chi connectivity index (χ3v) is 4.98. The highest BCUT2D eigenvalue weighted by Crippen LogP contribution is 2.32. The molecule has 0 aromatic carbocycles. The monoisotopic (exact) mass is 433 g/mol. The number of nitrogens with zero attached hydrogens (tertiary/aromatic N) is 5. The van der Waals surface area contributed by atoms with E-state index in [-0.39, 0.29) is 35.8 Å². The molecule has 12 heteroatoms. The molecule has 164 valence electrons. The molecule has 0 saturated carbocycles. The number of carboxylic acids is 1. The minimum absolute atomic E-state index is 0. The number of hydrogen-bond donors (Lipinski definition) is 3. The average molecular weight is 433 g/mol. The molecule has 0 atom stereocenters. The van der Waals surface area contributed by atoms with Crippen LogP contribution in [-0.4, -0.2) is 49.7 Å². The van der Waals surface area contributed by atoms with Gasteiger partial charge in [0.15, 0.2) is 23.1 Å². The number of amides is 1. The van der Waals surface area contributed by atoms with Gasteiger partial charge in [0.2, 0.25) is 0 Å². The third-order valence-electron chi connectivity index (χ3n) is 4.98. The van der Waals surface area contributed by atoms with Crippen molar-refractivity contribution >= 4 is 34.7 Å². The Bertz CT molecular complexity index is 1140. The van der Waals surface area contributed by atoms with Gasteiger partial charge in [-0.05, 0) is 12.8 Å². The number of anilines is 3. The van der Waals surface area contributed by atoms with Crippen LogP contribution in [0.3, 0.4) is 0 Å². The number of pyridine rings is 1. The van der Waals surface area contributed by atoms with Crippen LogP contribution in [0.4, 0.5) is 26.0 Å². The van der Waals surface area contributed by atoms with Gasteiger partial charge in [0.1, 0.15) is 11.3 Å². The van der Waals surface area contributed by atoms with E-state index in [2.05, 4.69) is 20.4 Å². The van der Waals surface area contributed by atoms with Crippen molar-refractivity contribution in [3.05, 3.63) is 42.0 Å². The summed E-state index contributed by atoms with van der Waals surface area (Å²) in [6.45, 7) is 0.612. The van der Waals surface area contributed by atoms with Gasteiger partial charge >= 0.3 is 5.97 Å². The Hall–Kier alpha value is -3.83. The van der Waals surface area contributed by atoms with Crippen molar-refractivity contribution in [1.29, 1.82) is 0 Å². The number of hydrogen-bond acceptors (Lipinski definition) is 7. The van der Waals surface area contributed by atoms with Crippen LogP contribution < -0.4 is 16.0 Å². The van der Waals surface area contributed by atoms with Crippen LogP contribution in [0.2, 0.25) is 0 Å². The molecular formula is C19H21F2N7O3. The van der Waals surface area contributed by atoms with Crippen molar-refractivity contribution in [2.24, 2.45) is 5.92 Å². The maximum absolute atomic E-state index is 14.6. The molecule has 0 spiro atoms. The summed E-state index contributed by atoms with van der Waals surface area (Å²) in [7, 11) is 0. The van der Waals surface area contributed by atoms with Crippen molar-refractivity contribution < 1.29 is 23.5 Å². The summed E-state index contributed by atoms with van der Waals surface area (Å²) in [6, 6.07) is 0. The summed E-state index contributed by atoms with van der Waals surface area (Å²) < 4.78 is 29.0. The van der Waals surface area contributed by atoms with Crippen molar-refractivity contribution in [2.75, 3.05) is 29.0 Å². The smallest absolute Gasteiger partial charge is 0.306 e. The molecule has 4 rings (SSSR count). The number of halogens is 2. The predicted octanol–water partition coefficient (Wildman–Crippen LogP) is 2.17. The lowest BCUT2D eigenvalue weighted by Gasteiger charge is -2.33. The third kappa shape index (κ3) is 4.09.